The highest BCUT2D eigenvalue weighted by atomic mass is 16.7. The lowest BCUT2D eigenvalue weighted by Gasteiger charge is -2.42. The van der Waals surface area contributed by atoms with Crippen molar-refractivity contribution in [2.24, 2.45) is 11.8 Å². The number of carbonyl (C=O) groups excluding carboxylic acids is 3. The number of anilines is 1. The van der Waals surface area contributed by atoms with Gasteiger partial charge in [0.25, 0.3) is 0 Å². The molecule has 230 valence electrons. The normalized spacial score (nSPS) is 35.5. The van der Waals surface area contributed by atoms with Gasteiger partial charge in [0, 0.05) is 31.2 Å². The van der Waals surface area contributed by atoms with Gasteiger partial charge in [0.05, 0.1) is 25.6 Å². The minimum Gasteiger partial charge on any atom is -0.497 e. The van der Waals surface area contributed by atoms with Crippen LogP contribution in [-0.2, 0) is 35.0 Å². The third-order valence-corrected chi connectivity index (χ3v) is 8.14. The number of benzene rings is 1. The molecule has 11 heteroatoms. The Morgan fingerprint density at radius 1 is 1.19 bits per heavy atom. The van der Waals surface area contributed by atoms with Crippen LogP contribution in [0.3, 0.4) is 0 Å². The SMILES string of the molecule is COc1cc2cc(c1)NC(=O)CC(OC(=O)C(C)C)C1(C)OC1C(C)C1CC(O)(NC(=O)O1)C(OC)/C=C/C=C(/C)C2. The summed E-state index contributed by atoms with van der Waals surface area (Å²) in [4.78, 5) is 38.6. The zero-order chi connectivity index (χ0) is 30.8. The zero-order valence-electron chi connectivity index (χ0n) is 25.3. The fraction of sp³-hybridized carbons (Fsp3) is 0.581. The van der Waals surface area contributed by atoms with E-state index in [1.807, 2.05) is 32.1 Å². The van der Waals surface area contributed by atoms with Crippen molar-refractivity contribution in [2.75, 3.05) is 19.5 Å². The molecule has 3 heterocycles. The van der Waals surface area contributed by atoms with Crippen molar-refractivity contribution < 1.29 is 43.2 Å². The molecule has 3 aliphatic rings. The van der Waals surface area contributed by atoms with E-state index in [1.54, 1.807) is 46.1 Å². The molecule has 3 aliphatic heterocycles. The van der Waals surface area contributed by atoms with Crippen LogP contribution in [0, 0.1) is 11.8 Å². The molecule has 1 aromatic rings. The molecule has 7 unspecified atom stereocenters. The molecule has 3 N–H and O–H groups in total. The largest absolute Gasteiger partial charge is 0.497 e. The van der Waals surface area contributed by atoms with Gasteiger partial charge in [0.1, 0.15) is 29.7 Å². The molecule has 0 radical (unpaired) electrons. The standard InChI is InChI=1S/C31H42N2O9/c1-17(2)28(35)41-25-15-26(34)32-21-12-20(13-22(14-21)38-6)11-18(3)9-8-10-24(39-7)31(37)16-23(40-29(36)33-31)19(4)27-30(25,5)42-27/h8-10,12-14,17,19,23-25,27,37H,11,15-16H2,1-7H3,(H,32,34)(H,33,36)/b10-8+,18-9-. The third-order valence-electron chi connectivity index (χ3n) is 8.14. The molecular formula is C31H42N2O9. The van der Waals surface area contributed by atoms with Crippen molar-refractivity contribution >= 4 is 23.7 Å². The molecule has 2 amide bonds. The van der Waals surface area contributed by atoms with Crippen LogP contribution in [0.25, 0.3) is 0 Å². The second kappa shape index (κ2) is 12.4. The van der Waals surface area contributed by atoms with Crippen molar-refractivity contribution in [3.63, 3.8) is 0 Å². The maximum Gasteiger partial charge on any atom is 0.409 e. The molecule has 1 aromatic carbocycles. The molecule has 42 heavy (non-hydrogen) atoms. The van der Waals surface area contributed by atoms with Crippen LogP contribution in [0.1, 0.15) is 53.0 Å². The van der Waals surface area contributed by atoms with Gasteiger partial charge in [-0.05, 0) is 38.0 Å². The number of methoxy groups -OCH3 is 2. The summed E-state index contributed by atoms with van der Waals surface area (Å²) >= 11 is 0. The first-order valence-corrected chi connectivity index (χ1v) is 14.2. The maximum absolute atomic E-state index is 13.3. The van der Waals surface area contributed by atoms with E-state index in [2.05, 4.69) is 10.6 Å². The molecule has 2 saturated heterocycles. The van der Waals surface area contributed by atoms with Crippen molar-refractivity contribution in [3.8, 4) is 5.75 Å². The Balaban J connectivity index is 1.74. The van der Waals surface area contributed by atoms with E-state index in [9.17, 15) is 19.5 Å². The van der Waals surface area contributed by atoms with Crippen LogP contribution in [0.2, 0.25) is 0 Å². The minimum atomic E-state index is -1.75. The number of hydrogen-bond acceptors (Lipinski definition) is 9. The van der Waals surface area contributed by atoms with Gasteiger partial charge in [0.2, 0.25) is 5.91 Å². The number of carbonyl (C=O) groups is 3. The van der Waals surface area contributed by atoms with Crippen LogP contribution in [0.4, 0.5) is 10.5 Å². The Hall–Kier alpha value is -3.41. The number of amides is 2. The van der Waals surface area contributed by atoms with Gasteiger partial charge < -0.3 is 34.1 Å². The molecule has 4 bridgehead atoms. The summed E-state index contributed by atoms with van der Waals surface area (Å²) in [5.41, 5.74) is -0.337. The first kappa shape index (κ1) is 31.5. The topological polar surface area (TPSA) is 145 Å². The number of esters is 1. The number of nitrogens with one attached hydrogen (secondary N) is 2. The van der Waals surface area contributed by atoms with Gasteiger partial charge in [-0.1, -0.05) is 44.6 Å². The Morgan fingerprint density at radius 2 is 1.93 bits per heavy atom. The van der Waals surface area contributed by atoms with E-state index < -0.39 is 59.6 Å². The monoisotopic (exact) mass is 586 g/mol. The predicted molar refractivity (Wildman–Crippen MR) is 154 cm³/mol. The Bertz CT molecular complexity index is 1260. The molecule has 0 saturated carbocycles. The number of hydrogen-bond donors (Lipinski definition) is 3. The van der Waals surface area contributed by atoms with Crippen molar-refractivity contribution in [1.29, 1.82) is 0 Å². The molecule has 0 aliphatic carbocycles. The molecule has 0 aromatic heterocycles. The van der Waals surface area contributed by atoms with Gasteiger partial charge >= 0.3 is 12.1 Å². The second-order valence-electron chi connectivity index (χ2n) is 11.9. The summed E-state index contributed by atoms with van der Waals surface area (Å²) < 4.78 is 28.6. The number of ether oxygens (including phenoxy) is 5. The van der Waals surface area contributed by atoms with Crippen molar-refractivity contribution in [1.82, 2.24) is 5.32 Å². The van der Waals surface area contributed by atoms with Crippen LogP contribution in [-0.4, -0.2) is 73.0 Å². The number of rotatable bonds is 4. The van der Waals surface area contributed by atoms with Gasteiger partial charge in [0.15, 0.2) is 5.72 Å². The number of aliphatic hydroxyl groups is 1. The van der Waals surface area contributed by atoms with Gasteiger partial charge in [-0.2, -0.15) is 0 Å². The minimum absolute atomic E-state index is 0.0178. The highest BCUT2D eigenvalue weighted by Gasteiger charge is 2.64. The highest BCUT2D eigenvalue weighted by Crippen LogP contribution is 2.49. The quantitative estimate of drug-likeness (QED) is 0.356. The average molecular weight is 587 g/mol. The van der Waals surface area contributed by atoms with E-state index in [-0.39, 0.29) is 18.7 Å². The lowest BCUT2D eigenvalue weighted by atomic mass is 9.83. The summed E-state index contributed by atoms with van der Waals surface area (Å²) in [6, 6.07) is 5.47. The summed E-state index contributed by atoms with van der Waals surface area (Å²) in [7, 11) is 3.01. The van der Waals surface area contributed by atoms with E-state index in [0.29, 0.717) is 17.9 Å². The lowest BCUT2D eigenvalue weighted by molar-refractivity contribution is -0.157. The van der Waals surface area contributed by atoms with Crippen LogP contribution < -0.4 is 15.4 Å². The first-order valence-electron chi connectivity index (χ1n) is 14.2. The molecule has 0 spiro atoms. The molecule has 2 fully saturated rings. The van der Waals surface area contributed by atoms with Gasteiger partial charge in [-0.3, -0.25) is 14.9 Å². The Morgan fingerprint density at radius 3 is 2.60 bits per heavy atom. The van der Waals surface area contributed by atoms with E-state index >= 15 is 0 Å². The lowest BCUT2D eigenvalue weighted by Crippen LogP contribution is -2.63. The van der Waals surface area contributed by atoms with Crippen LogP contribution >= 0.6 is 0 Å². The van der Waals surface area contributed by atoms with Crippen LogP contribution in [0.15, 0.2) is 42.0 Å². The Labute approximate surface area is 246 Å². The first-order chi connectivity index (χ1) is 19.8. The number of allylic oxidation sites excluding steroid dienone is 3. The number of fused-ring (bicyclic) bond motifs is 5. The van der Waals surface area contributed by atoms with Gasteiger partial charge in [-0.15, -0.1) is 0 Å². The second-order valence-corrected chi connectivity index (χ2v) is 11.9. The molecular weight excluding hydrogens is 544 g/mol. The molecule has 7 atom stereocenters. The summed E-state index contributed by atoms with van der Waals surface area (Å²) in [5.74, 6) is -1.08. The Kier molecular flexibility index (Phi) is 9.34. The molecule has 11 nitrogen and oxygen atoms in total. The smallest absolute Gasteiger partial charge is 0.409 e. The number of alkyl carbamates (subject to hydrolysis) is 1. The maximum atomic E-state index is 13.3. The average Bonchev–Trinajstić information content (AvgIpc) is 3.61. The van der Waals surface area contributed by atoms with Crippen molar-refractivity contribution in [2.45, 2.75) is 89.6 Å². The summed E-state index contributed by atoms with van der Waals surface area (Å²) in [5, 5.41) is 17.0. The fourth-order valence-electron chi connectivity index (χ4n) is 5.65. The van der Waals surface area contributed by atoms with Crippen LogP contribution in [0.5, 0.6) is 5.75 Å². The van der Waals surface area contributed by atoms with Crippen molar-refractivity contribution in [3.05, 3.63) is 47.6 Å². The summed E-state index contributed by atoms with van der Waals surface area (Å²) in [6.45, 7) is 9.00. The zero-order valence-corrected chi connectivity index (χ0v) is 25.3. The molecule has 4 rings (SSSR count). The van der Waals surface area contributed by atoms with Gasteiger partial charge in [-0.25, -0.2) is 4.79 Å². The van der Waals surface area contributed by atoms with E-state index in [4.69, 9.17) is 23.7 Å². The van der Waals surface area contributed by atoms with E-state index in [1.165, 1.54) is 7.11 Å². The summed E-state index contributed by atoms with van der Waals surface area (Å²) in [6.07, 6.45) is 1.91. The van der Waals surface area contributed by atoms with E-state index in [0.717, 1.165) is 11.1 Å². The number of epoxide rings is 1. The third kappa shape index (κ3) is 6.96. The highest BCUT2D eigenvalue weighted by molar-refractivity contribution is 5.91. The predicted octanol–water partition coefficient (Wildman–Crippen LogP) is 3.65. The fourth-order valence-corrected chi connectivity index (χ4v) is 5.65.